The fraction of sp³-hybridized carbons (Fsp3) is 0.438. The summed E-state index contributed by atoms with van der Waals surface area (Å²) >= 11 is 0. The van der Waals surface area contributed by atoms with E-state index in [1.807, 2.05) is 25.4 Å². The third-order valence-electron chi connectivity index (χ3n) is 8.56. The smallest absolute Gasteiger partial charge is 0.165 e. The molecule has 40 heavy (non-hydrogen) atoms. The number of ether oxygens (including phenoxy) is 1. The van der Waals surface area contributed by atoms with E-state index >= 15 is 0 Å². The molecule has 2 aromatic carbocycles. The molecule has 2 heterocycles. The first-order valence-corrected chi connectivity index (χ1v) is 14.2. The zero-order valence-electron chi connectivity index (χ0n) is 25.4. The molecule has 213 valence electrons. The van der Waals surface area contributed by atoms with Crippen molar-refractivity contribution in [3.63, 3.8) is 0 Å². The lowest BCUT2D eigenvalue weighted by Gasteiger charge is -2.35. The van der Waals surface area contributed by atoms with Crippen LogP contribution in [0.5, 0.6) is 0 Å². The van der Waals surface area contributed by atoms with Gasteiger partial charge >= 0.3 is 0 Å². The Balaban J connectivity index is 0.00000387. The largest absolute Gasteiger partial charge is 0.386 e. The average molecular weight is 544 g/mol. The van der Waals surface area contributed by atoms with E-state index in [4.69, 9.17) is 10.6 Å². The van der Waals surface area contributed by atoms with Gasteiger partial charge in [-0.15, -0.1) is 0 Å². The summed E-state index contributed by atoms with van der Waals surface area (Å²) in [5.74, 6) is 7.08. The van der Waals surface area contributed by atoms with Crippen molar-refractivity contribution in [3.05, 3.63) is 88.0 Å². The van der Waals surface area contributed by atoms with Crippen LogP contribution < -0.4 is 16.6 Å². The molecule has 1 unspecified atom stereocenters. The van der Waals surface area contributed by atoms with E-state index in [0.29, 0.717) is 0 Å². The number of nitrogens with one attached hydrogen (secondary N) is 2. The minimum atomic E-state index is -0.650. The molecule has 1 aliphatic carbocycles. The maximum atomic E-state index is 13.7. The average Bonchev–Trinajstić information content (AvgIpc) is 3.71. The number of nitrogen functional groups attached to an aromatic ring is 1. The molecule has 1 aromatic heterocycles. The number of benzene rings is 2. The number of aryl methyl sites for hydroxylation is 1. The quantitative estimate of drug-likeness (QED) is 0.234. The van der Waals surface area contributed by atoms with Crippen LogP contribution in [-0.2, 0) is 22.6 Å². The van der Waals surface area contributed by atoms with Gasteiger partial charge in [-0.1, -0.05) is 44.2 Å². The molecule has 1 atom stereocenters. The Bertz CT molecular complexity index is 1420. The Morgan fingerprint density at radius 1 is 1.18 bits per heavy atom. The van der Waals surface area contributed by atoms with Gasteiger partial charge in [0.1, 0.15) is 5.82 Å². The lowest BCUT2D eigenvalue weighted by molar-refractivity contribution is -0.123. The van der Waals surface area contributed by atoms with E-state index < -0.39 is 5.41 Å². The van der Waals surface area contributed by atoms with Crippen LogP contribution in [0.25, 0.3) is 0 Å². The summed E-state index contributed by atoms with van der Waals surface area (Å²) in [6, 6.07) is 10.8. The zero-order valence-corrected chi connectivity index (χ0v) is 24.4. The minimum absolute atomic E-state index is 0. The fourth-order valence-corrected chi connectivity index (χ4v) is 6.02. The van der Waals surface area contributed by atoms with Crippen molar-refractivity contribution in [3.8, 4) is 0 Å². The van der Waals surface area contributed by atoms with Crippen LogP contribution in [0.3, 0.4) is 0 Å². The zero-order chi connectivity index (χ0) is 28.4. The fourth-order valence-electron chi connectivity index (χ4n) is 6.02. The molecule has 1 saturated heterocycles. The van der Waals surface area contributed by atoms with Gasteiger partial charge in [-0.3, -0.25) is 15.5 Å². The summed E-state index contributed by atoms with van der Waals surface area (Å²) in [6.07, 6.45) is 6.76. The van der Waals surface area contributed by atoms with Crippen molar-refractivity contribution in [1.29, 1.82) is 0 Å². The Morgan fingerprint density at radius 2 is 1.93 bits per heavy atom. The first-order chi connectivity index (χ1) is 19.2. The van der Waals surface area contributed by atoms with Gasteiger partial charge in [0.25, 0.3) is 0 Å². The summed E-state index contributed by atoms with van der Waals surface area (Å²) in [6.45, 7) is 13.3. The lowest BCUT2D eigenvalue weighted by Crippen LogP contribution is -2.36. The molecule has 1 aliphatic heterocycles. The van der Waals surface area contributed by atoms with Crippen molar-refractivity contribution < 1.29 is 11.0 Å². The third kappa shape index (κ3) is 5.57. The van der Waals surface area contributed by atoms with E-state index in [1.54, 1.807) is 0 Å². The van der Waals surface area contributed by atoms with E-state index in [0.717, 1.165) is 85.3 Å². The number of carbonyl (C=O) groups excluding carboxylic acids is 1. The highest BCUT2D eigenvalue weighted by atomic mass is 16.5. The molecule has 3 aromatic rings. The number of hydrogen-bond acceptors (Lipinski definition) is 7. The van der Waals surface area contributed by atoms with Gasteiger partial charge in [-0.25, -0.2) is 4.98 Å². The number of imidazole rings is 1. The van der Waals surface area contributed by atoms with Gasteiger partial charge in [0.15, 0.2) is 5.78 Å². The van der Waals surface area contributed by atoms with E-state index in [1.165, 1.54) is 11.1 Å². The number of nitrogens with zero attached hydrogens (tertiary/aromatic N) is 3. The van der Waals surface area contributed by atoms with Crippen molar-refractivity contribution in [2.45, 2.75) is 53.1 Å². The number of carbonyl (C=O) groups is 1. The van der Waals surface area contributed by atoms with Crippen LogP contribution in [-0.4, -0.2) is 53.6 Å². The van der Waals surface area contributed by atoms with Crippen molar-refractivity contribution >= 4 is 17.2 Å². The van der Waals surface area contributed by atoms with Gasteiger partial charge in [0.05, 0.1) is 31.1 Å². The highest BCUT2D eigenvalue weighted by Crippen LogP contribution is 2.48. The minimum Gasteiger partial charge on any atom is -0.386 e. The van der Waals surface area contributed by atoms with Gasteiger partial charge in [0, 0.05) is 51.8 Å². The number of aromatic nitrogens is 2. The number of Topliss-reactive ketones (excluding diaryl/α,β-unsaturated/α-hetero) is 1. The number of allylic oxidation sites excluding steroid dienone is 2. The van der Waals surface area contributed by atoms with Crippen LogP contribution in [0.4, 0.5) is 11.4 Å². The second kappa shape index (κ2) is 11.6. The van der Waals surface area contributed by atoms with Gasteiger partial charge in [-0.2, -0.15) is 0 Å². The first-order valence-electron chi connectivity index (χ1n) is 14.2. The lowest BCUT2D eigenvalue weighted by atomic mass is 9.67. The predicted octanol–water partition coefficient (Wildman–Crippen LogP) is 4.88. The van der Waals surface area contributed by atoms with Crippen LogP contribution in [0.15, 0.2) is 54.4 Å². The Morgan fingerprint density at radius 3 is 2.60 bits per heavy atom. The third-order valence-corrected chi connectivity index (χ3v) is 8.56. The monoisotopic (exact) mass is 543 g/mol. The predicted molar refractivity (Wildman–Crippen MR) is 162 cm³/mol. The van der Waals surface area contributed by atoms with Crippen LogP contribution >= 0.6 is 0 Å². The number of hydrogen-bond donors (Lipinski definition) is 3. The summed E-state index contributed by atoms with van der Waals surface area (Å²) in [7, 11) is 1.88. The van der Waals surface area contributed by atoms with Crippen molar-refractivity contribution in [1.82, 2.24) is 14.5 Å². The topological polar surface area (TPSA) is 97.4 Å². The summed E-state index contributed by atoms with van der Waals surface area (Å²) in [5.41, 5.74) is 10.6. The molecular formula is C32H43N6O2. The Hall–Kier alpha value is -3.46. The van der Waals surface area contributed by atoms with Crippen molar-refractivity contribution in [2.24, 2.45) is 11.3 Å². The van der Waals surface area contributed by atoms with E-state index in [-0.39, 0.29) is 13.1 Å². The number of hydrazine groups is 1. The number of anilines is 2. The first kappa shape index (κ1) is 28.1. The standard InChI is InChI=1S/C32H42N6O2.H/c1-21-6-7-24(18-25(21)19-38-13-12-35-28(38)20-37-14-16-40-17-15-37)29(32(3,4)31(39)23-8-9-23)26-10-11-27(34-5)30(36-33)22(26)2;/h6-8,10-13,18,29,34,36H,9,14-17,19-20,33H2,1-5H3;. The molecule has 0 bridgehead atoms. The van der Waals surface area contributed by atoms with Gasteiger partial charge in [-0.05, 0) is 59.7 Å². The van der Waals surface area contributed by atoms with Crippen molar-refractivity contribution in [2.75, 3.05) is 44.1 Å². The molecular weight excluding hydrogens is 500 g/mol. The normalized spacial score (nSPS) is 16.4. The van der Waals surface area contributed by atoms with Crippen LogP contribution in [0, 0.1) is 19.3 Å². The number of nitrogens with two attached hydrogens (primary N) is 1. The van der Waals surface area contributed by atoms with Gasteiger partial charge in [0.2, 0.25) is 0 Å². The summed E-state index contributed by atoms with van der Waals surface area (Å²) in [5, 5.41) is 3.22. The highest BCUT2D eigenvalue weighted by molar-refractivity contribution is 6.03. The highest BCUT2D eigenvalue weighted by Gasteiger charge is 2.42. The molecule has 4 N–H and O–H groups in total. The molecule has 0 amide bonds. The number of morpholine rings is 1. The maximum Gasteiger partial charge on any atom is 0.165 e. The van der Waals surface area contributed by atoms with E-state index in [2.05, 4.69) is 83.4 Å². The Labute approximate surface area is 239 Å². The molecule has 8 heteroatoms. The number of ketones is 1. The maximum absolute atomic E-state index is 13.7. The van der Waals surface area contributed by atoms with Crippen LogP contribution in [0.2, 0.25) is 0 Å². The molecule has 1 fully saturated rings. The SMILES string of the molecule is CNc1ccc(C(c2ccc(C)c(Cn3ccnc3CN3CCOCC3)c2)C(C)(C)C(=O)C2=CC2)c(C)c1NN.[H]. The second-order valence-electron chi connectivity index (χ2n) is 11.6. The van der Waals surface area contributed by atoms with E-state index in [9.17, 15) is 4.79 Å². The molecule has 0 spiro atoms. The van der Waals surface area contributed by atoms with Crippen LogP contribution in [0.1, 0.15) is 61.3 Å². The summed E-state index contributed by atoms with van der Waals surface area (Å²) in [4.78, 5) is 20.8. The molecule has 8 nitrogen and oxygen atoms in total. The molecule has 5 rings (SSSR count). The molecule has 1 radical (unpaired) electrons. The second-order valence-corrected chi connectivity index (χ2v) is 11.6. The molecule has 0 saturated carbocycles. The number of rotatable bonds is 11. The summed E-state index contributed by atoms with van der Waals surface area (Å²) < 4.78 is 7.76. The Kier molecular flexibility index (Phi) is 8.12. The molecule has 2 aliphatic rings. The van der Waals surface area contributed by atoms with Gasteiger partial charge < -0.3 is 20.0 Å².